The molecule has 1 aromatic carbocycles. The number of carbonyl (C=O) groups excluding carboxylic acids is 1. The minimum Gasteiger partial charge on any atom is -0.481 e. The van der Waals surface area contributed by atoms with Gasteiger partial charge in [-0.25, -0.2) is 0 Å². The van der Waals surface area contributed by atoms with E-state index < -0.39 is 12.2 Å². The molecule has 18 heavy (non-hydrogen) atoms. The standard InChI is InChI=1S/C14H21NO3/c1-9-8-12(10(2)16)6-7-13(9)18-11(3)14(17)15(4)5/h6-8,10-11,16H,1-5H3/t10-,11?/m1/s1. The van der Waals surface area contributed by atoms with Crippen LogP contribution in [0.2, 0.25) is 0 Å². The van der Waals surface area contributed by atoms with Gasteiger partial charge in [0.15, 0.2) is 6.10 Å². The van der Waals surface area contributed by atoms with Crippen molar-refractivity contribution < 1.29 is 14.6 Å². The normalized spacial score (nSPS) is 13.9. The van der Waals surface area contributed by atoms with E-state index in [4.69, 9.17) is 4.74 Å². The minimum atomic E-state index is -0.518. The number of aliphatic hydroxyl groups is 1. The molecule has 0 aliphatic rings. The fraction of sp³-hybridized carbons (Fsp3) is 0.500. The number of nitrogens with zero attached hydrogens (tertiary/aromatic N) is 1. The van der Waals surface area contributed by atoms with Crippen molar-refractivity contribution in [1.29, 1.82) is 0 Å². The predicted octanol–water partition coefficient (Wildman–Crippen LogP) is 1.90. The van der Waals surface area contributed by atoms with Crippen LogP contribution in [0.5, 0.6) is 5.75 Å². The van der Waals surface area contributed by atoms with Gasteiger partial charge in [-0.2, -0.15) is 0 Å². The van der Waals surface area contributed by atoms with E-state index in [0.717, 1.165) is 11.1 Å². The second-order valence-electron chi connectivity index (χ2n) is 4.69. The second kappa shape index (κ2) is 5.87. The SMILES string of the molecule is Cc1cc([C@@H](C)O)ccc1OC(C)C(=O)N(C)C. The zero-order chi connectivity index (χ0) is 13.9. The molecule has 4 heteroatoms. The topological polar surface area (TPSA) is 49.8 Å². The molecule has 1 rings (SSSR count). The molecule has 0 aliphatic heterocycles. The number of amides is 1. The Balaban J connectivity index is 2.83. The predicted molar refractivity (Wildman–Crippen MR) is 70.6 cm³/mol. The number of aryl methyl sites for hydroxylation is 1. The van der Waals surface area contributed by atoms with Crippen LogP contribution in [0.25, 0.3) is 0 Å². The van der Waals surface area contributed by atoms with Crippen molar-refractivity contribution in [1.82, 2.24) is 4.90 Å². The quantitative estimate of drug-likeness (QED) is 0.889. The molecule has 0 spiro atoms. The number of benzene rings is 1. The molecule has 4 nitrogen and oxygen atoms in total. The maximum absolute atomic E-state index is 11.7. The number of hydrogen-bond acceptors (Lipinski definition) is 3. The maximum atomic E-state index is 11.7. The number of ether oxygens (including phenoxy) is 1. The Bertz CT molecular complexity index is 427. The molecular weight excluding hydrogens is 230 g/mol. The first kappa shape index (κ1) is 14.5. The summed E-state index contributed by atoms with van der Waals surface area (Å²) < 4.78 is 5.63. The molecular formula is C14H21NO3. The molecule has 0 bridgehead atoms. The molecule has 0 saturated heterocycles. The Hall–Kier alpha value is -1.55. The summed E-state index contributed by atoms with van der Waals surface area (Å²) in [6, 6.07) is 5.46. The number of carbonyl (C=O) groups is 1. The highest BCUT2D eigenvalue weighted by Gasteiger charge is 2.17. The van der Waals surface area contributed by atoms with Crippen LogP contribution >= 0.6 is 0 Å². The monoisotopic (exact) mass is 251 g/mol. The minimum absolute atomic E-state index is 0.0750. The van der Waals surface area contributed by atoms with Crippen LogP contribution in [-0.4, -0.2) is 36.1 Å². The lowest BCUT2D eigenvalue weighted by molar-refractivity contribution is -0.135. The summed E-state index contributed by atoms with van der Waals surface area (Å²) in [7, 11) is 3.40. The third-order valence-corrected chi connectivity index (χ3v) is 2.77. The van der Waals surface area contributed by atoms with E-state index in [1.54, 1.807) is 40.1 Å². The van der Waals surface area contributed by atoms with E-state index in [0.29, 0.717) is 5.75 Å². The summed E-state index contributed by atoms with van der Waals surface area (Å²) in [5.74, 6) is 0.594. The Morgan fingerprint density at radius 1 is 1.33 bits per heavy atom. The molecule has 100 valence electrons. The summed E-state index contributed by atoms with van der Waals surface area (Å²) in [5, 5.41) is 9.48. The first-order chi connectivity index (χ1) is 8.32. The first-order valence-electron chi connectivity index (χ1n) is 5.99. The van der Waals surface area contributed by atoms with Crippen LogP contribution in [0.1, 0.15) is 31.1 Å². The van der Waals surface area contributed by atoms with E-state index in [1.807, 2.05) is 13.0 Å². The largest absolute Gasteiger partial charge is 0.481 e. The molecule has 0 fully saturated rings. The molecule has 1 amide bonds. The smallest absolute Gasteiger partial charge is 0.262 e. The van der Waals surface area contributed by atoms with Gasteiger partial charge in [-0.05, 0) is 44.0 Å². The second-order valence-corrected chi connectivity index (χ2v) is 4.69. The summed E-state index contributed by atoms with van der Waals surface area (Å²) in [5.41, 5.74) is 1.75. The van der Waals surface area contributed by atoms with Gasteiger partial charge in [0.25, 0.3) is 5.91 Å². The number of likely N-dealkylation sites (N-methyl/N-ethyl adjacent to an activating group) is 1. The fourth-order valence-corrected chi connectivity index (χ4v) is 1.67. The average Bonchev–Trinajstić information content (AvgIpc) is 2.30. The zero-order valence-electron chi connectivity index (χ0n) is 11.6. The molecule has 0 aliphatic carbocycles. The van der Waals surface area contributed by atoms with Crippen molar-refractivity contribution in [3.63, 3.8) is 0 Å². The number of hydrogen-bond donors (Lipinski definition) is 1. The lowest BCUT2D eigenvalue weighted by Gasteiger charge is -2.20. The summed E-state index contributed by atoms with van der Waals surface area (Å²) >= 11 is 0. The third-order valence-electron chi connectivity index (χ3n) is 2.77. The van der Waals surface area contributed by atoms with Gasteiger partial charge in [-0.1, -0.05) is 6.07 Å². The van der Waals surface area contributed by atoms with Gasteiger partial charge in [0.1, 0.15) is 5.75 Å². The lowest BCUT2D eigenvalue weighted by atomic mass is 10.1. The highest BCUT2D eigenvalue weighted by molar-refractivity contribution is 5.80. The van der Waals surface area contributed by atoms with Gasteiger partial charge in [-0.15, -0.1) is 0 Å². The van der Waals surface area contributed by atoms with E-state index in [2.05, 4.69) is 0 Å². The zero-order valence-corrected chi connectivity index (χ0v) is 11.6. The third kappa shape index (κ3) is 3.47. The van der Waals surface area contributed by atoms with Crippen LogP contribution in [0.3, 0.4) is 0 Å². The molecule has 1 unspecified atom stereocenters. The van der Waals surface area contributed by atoms with E-state index in [1.165, 1.54) is 4.90 Å². The highest BCUT2D eigenvalue weighted by atomic mass is 16.5. The van der Waals surface area contributed by atoms with Gasteiger partial charge >= 0.3 is 0 Å². The van der Waals surface area contributed by atoms with Crippen molar-refractivity contribution in [2.75, 3.05) is 14.1 Å². The molecule has 0 aromatic heterocycles. The molecule has 0 heterocycles. The van der Waals surface area contributed by atoms with Crippen LogP contribution in [-0.2, 0) is 4.79 Å². The number of aliphatic hydroxyl groups excluding tert-OH is 1. The molecule has 2 atom stereocenters. The van der Waals surface area contributed by atoms with Crippen molar-refractivity contribution in [2.45, 2.75) is 33.0 Å². The lowest BCUT2D eigenvalue weighted by Crippen LogP contribution is -2.35. The van der Waals surface area contributed by atoms with Gasteiger partial charge in [0, 0.05) is 14.1 Å². The molecule has 0 radical (unpaired) electrons. The Kier molecular flexibility index (Phi) is 4.73. The van der Waals surface area contributed by atoms with Gasteiger partial charge in [0.05, 0.1) is 6.10 Å². The van der Waals surface area contributed by atoms with E-state index >= 15 is 0 Å². The maximum Gasteiger partial charge on any atom is 0.262 e. The van der Waals surface area contributed by atoms with Crippen LogP contribution in [0.4, 0.5) is 0 Å². The summed E-state index contributed by atoms with van der Waals surface area (Å²) in [6.45, 7) is 5.34. The van der Waals surface area contributed by atoms with Crippen molar-refractivity contribution >= 4 is 5.91 Å². The van der Waals surface area contributed by atoms with Crippen LogP contribution in [0, 0.1) is 6.92 Å². The Labute approximate surface area is 108 Å². The van der Waals surface area contributed by atoms with Crippen LogP contribution in [0.15, 0.2) is 18.2 Å². The Morgan fingerprint density at radius 3 is 2.39 bits per heavy atom. The fourth-order valence-electron chi connectivity index (χ4n) is 1.67. The van der Waals surface area contributed by atoms with Crippen molar-refractivity contribution in [2.24, 2.45) is 0 Å². The Morgan fingerprint density at radius 2 is 1.94 bits per heavy atom. The highest BCUT2D eigenvalue weighted by Crippen LogP contribution is 2.23. The average molecular weight is 251 g/mol. The molecule has 1 N–H and O–H groups in total. The van der Waals surface area contributed by atoms with Crippen molar-refractivity contribution in [3.05, 3.63) is 29.3 Å². The van der Waals surface area contributed by atoms with Crippen molar-refractivity contribution in [3.8, 4) is 5.75 Å². The van der Waals surface area contributed by atoms with Gasteiger partial charge in [-0.3, -0.25) is 4.79 Å². The summed E-state index contributed by atoms with van der Waals surface area (Å²) in [4.78, 5) is 13.2. The molecule has 0 saturated carbocycles. The van der Waals surface area contributed by atoms with Crippen LogP contribution < -0.4 is 4.74 Å². The number of rotatable bonds is 4. The first-order valence-corrected chi connectivity index (χ1v) is 5.99. The molecule has 1 aromatic rings. The summed E-state index contributed by atoms with van der Waals surface area (Å²) in [6.07, 6.45) is -1.02. The van der Waals surface area contributed by atoms with E-state index in [9.17, 15) is 9.90 Å². The van der Waals surface area contributed by atoms with Gasteiger partial charge < -0.3 is 14.7 Å². The van der Waals surface area contributed by atoms with E-state index in [-0.39, 0.29) is 5.91 Å². The van der Waals surface area contributed by atoms with Gasteiger partial charge in [0.2, 0.25) is 0 Å².